The van der Waals surface area contributed by atoms with Gasteiger partial charge in [-0.1, -0.05) is 24.3 Å². The minimum Gasteiger partial charge on any atom is -0.346 e. The van der Waals surface area contributed by atoms with E-state index in [1.165, 1.54) is 6.07 Å². The van der Waals surface area contributed by atoms with E-state index in [2.05, 4.69) is 20.7 Å². The summed E-state index contributed by atoms with van der Waals surface area (Å²) in [5.41, 5.74) is 4.07. The molecule has 6 nitrogen and oxygen atoms in total. The average molecular weight is 407 g/mol. The maximum atomic E-state index is 13.8. The van der Waals surface area contributed by atoms with Crippen LogP contribution < -0.4 is 10.6 Å². The van der Waals surface area contributed by atoms with Gasteiger partial charge in [-0.15, -0.1) is 0 Å². The van der Waals surface area contributed by atoms with Crippen LogP contribution in [0.3, 0.4) is 0 Å². The average Bonchev–Trinajstić information content (AvgIpc) is 3.10. The molecule has 0 radical (unpaired) electrons. The Labute approximate surface area is 175 Å². The fraction of sp³-hybridized carbons (Fsp3) is 0.348. The number of rotatable bonds is 7. The predicted octanol–water partition coefficient (Wildman–Crippen LogP) is 2.57. The third-order valence-corrected chi connectivity index (χ3v) is 5.61. The zero-order valence-electron chi connectivity index (χ0n) is 17.1. The zero-order valence-corrected chi connectivity index (χ0v) is 17.1. The van der Waals surface area contributed by atoms with E-state index < -0.39 is 0 Å². The van der Waals surface area contributed by atoms with Crippen LogP contribution in [0.5, 0.6) is 0 Å². The smallest absolute Gasteiger partial charge is 0.272 e. The van der Waals surface area contributed by atoms with Crippen LogP contribution >= 0.6 is 0 Å². The molecule has 2 aromatic heterocycles. The molecule has 1 atom stereocenters. The number of aryl methyl sites for hydroxylation is 1. The second kappa shape index (κ2) is 9.17. The maximum absolute atomic E-state index is 13.8. The lowest BCUT2D eigenvalue weighted by Gasteiger charge is -2.24. The normalized spacial score (nSPS) is 15.6. The first-order chi connectivity index (χ1) is 14.6. The number of nitrogens with zero attached hydrogens (tertiary/aromatic N) is 3. The predicted molar refractivity (Wildman–Crippen MR) is 113 cm³/mol. The molecule has 0 spiro atoms. The third-order valence-electron chi connectivity index (χ3n) is 5.61. The van der Waals surface area contributed by atoms with Crippen LogP contribution in [0.15, 0.2) is 48.7 Å². The molecule has 1 amide bonds. The Hall–Kier alpha value is -3.06. The molecule has 156 valence electrons. The summed E-state index contributed by atoms with van der Waals surface area (Å²) in [5, 5.41) is 10.9. The van der Waals surface area contributed by atoms with Gasteiger partial charge in [0.05, 0.1) is 0 Å². The maximum Gasteiger partial charge on any atom is 0.272 e. The Kier molecular flexibility index (Phi) is 6.18. The van der Waals surface area contributed by atoms with Crippen LogP contribution in [0, 0.1) is 5.82 Å². The number of nitrogens with one attached hydrogen (secondary N) is 2. The minimum absolute atomic E-state index is 0.141. The quantitative estimate of drug-likeness (QED) is 0.632. The Morgan fingerprint density at radius 1 is 1.23 bits per heavy atom. The van der Waals surface area contributed by atoms with Crippen molar-refractivity contribution in [2.75, 3.05) is 6.54 Å². The standard InChI is InChI=1S/C23H26FN5O/c1-29-21-10-9-18(26-13-11-17-7-4-5-12-25-17)14-19(21)22(28-29)23(30)27-15-16-6-2-3-8-20(16)24/h2-8,12,18,26H,9-11,13-15H2,1H3,(H,27,30)/t18-/m0/s1. The minimum atomic E-state index is -0.321. The first-order valence-corrected chi connectivity index (χ1v) is 10.3. The molecule has 7 heteroatoms. The number of aromatic nitrogens is 3. The van der Waals surface area contributed by atoms with Gasteiger partial charge in [0.25, 0.3) is 5.91 Å². The van der Waals surface area contributed by atoms with Crippen LogP contribution in [0.25, 0.3) is 0 Å². The van der Waals surface area contributed by atoms with Crippen molar-refractivity contribution in [2.24, 2.45) is 7.05 Å². The zero-order chi connectivity index (χ0) is 20.9. The fourth-order valence-electron chi connectivity index (χ4n) is 4.00. The molecule has 0 bridgehead atoms. The number of hydrogen-bond acceptors (Lipinski definition) is 4. The van der Waals surface area contributed by atoms with Crippen LogP contribution in [0.2, 0.25) is 0 Å². The molecule has 2 heterocycles. The lowest BCUT2D eigenvalue weighted by Crippen LogP contribution is -2.36. The molecule has 0 aliphatic heterocycles. The highest BCUT2D eigenvalue weighted by Crippen LogP contribution is 2.24. The van der Waals surface area contributed by atoms with Gasteiger partial charge in [0.15, 0.2) is 5.69 Å². The van der Waals surface area contributed by atoms with E-state index in [0.717, 1.165) is 49.2 Å². The van der Waals surface area contributed by atoms with Crippen molar-refractivity contribution in [3.63, 3.8) is 0 Å². The number of benzene rings is 1. The van der Waals surface area contributed by atoms with Gasteiger partial charge >= 0.3 is 0 Å². The van der Waals surface area contributed by atoms with Crippen LogP contribution in [-0.4, -0.2) is 33.3 Å². The molecule has 30 heavy (non-hydrogen) atoms. The summed E-state index contributed by atoms with van der Waals surface area (Å²) in [6.07, 6.45) is 5.32. The monoisotopic (exact) mass is 407 g/mol. The van der Waals surface area contributed by atoms with Crippen molar-refractivity contribution in [2.45, 2.75) is 38.3 Å². The Balaban J connectivity index is 1.38. The van der Waals surface area contributed by atoms with Crippen molar-refractivity contribution >= 4 is 5.91 Å². The lowest BCUT2D eigenvalue weighted by molar-refractivity contribution is 0.0943. The van der Waals surface area contributed by atoms with Crippen molar-refractivity contribution in [3.05, 3.63) is 82.7 Å². The largest absolute Gasteiger partial charge is 0.346 e. The first-order valence-electron chi connectivity index (χ1n) is 10.3. The summed E-state index contributed by atoms with van der Waals surface area (Å²) < 4.78 is 15.6. The Bertz CT molecular complexity index is 1020. The van der Waals surface area contributed by atoms with Gasteiger partial charge in [-0.3, -0.25) is 14.5 Å². The van der Waals surface area contributed by atoms with Gasteiger partial charge in [-0.05, 0) is 37.5 Å². The molecule has 0 fully saturated rings. The number of amides is 1. The van der Waals surface area contributed by atoms with E-state index >= 15 is 0 Å². The van der Waals surface area contributed by atoms with Gasteiger partial charge in [0.2, 0.25) is 0 Å². The molecule has 3 aromatic rings. The SMILES string of the molecule is Cn1nc(C(=O)NCc2ccccc2F)c2c1CC[C@H](NCCc1ccccn1)C2. The number of halogens is 1. The van der Waals surface area contributed by atoms with Crippen LogP contribution in [0.4, 0.5) is 4.39 Å². The fourth-order valence-corrected chi connectivity index (χ4v) is 4.00. The molecule has 0 saturated heterocycles. The molecule has 1 aromatic carbocycles. The molecular formula is C23H26FN5O. The van der Waals surface area contributed by atoms with E-state index in [4.69, 9.17) is 0 Å². The summed E-state index contributed by atoms with van der Waals surface area (Å²) in [6, 6.07) is 12.7. The number of hydrogen-bond donors (Lipinski definition) is 2. The van der Waals surface area contributed by atoms with Gasteiger partial charge in [0.1, 0.15) is 5.82 Å². The summed E-state index contributed by atoms with van der Waals surface area (Å²) in [5.74, 6) is -0.581. The molecule has 4 rings (SSSR count). The number of fused-ring (bicyclic) bond motifs is 1. The van der Waals surface area contributed by atoms with E-state index in [0.29, 0.717) is 17.3 Å². The Morgan fingerprint density at radius 3 is 2.87 bits per heavy atom. The molecule has 2 N–H and O–H groups in total. The topological polar surface area (TPSA) is 71.8 Å². The summed E-state index contributed by atoms with van der Waals surface area (Å²) >= 11 is 0. The van der Waals surface area contributed by atoms with E-state index in [1.54, 1.807) is 22.9 Å². The summed E-state index contributed by atoms with van der Waals surface area (Å²) in [6.45, 7) is 0.981. The van der Waals surface area contributed by atoms with Gasteiger partial charge < -0.3 is 10.6 Å². The number of carbonyl (C=O) groups excluding carboxylic acids is 1. The molecule has 0 saturated carbocycles. The van der Waals surface area contributed by atoms with E-state index in [-0.39, 0.29) is 18.3 Å². The van der Waals surface area contributed by atoms with Crippen molar-refractivity contribution in [1.29, 1.82) is 0 Å². The second-order valence-electron chi connectivity index (χ2n) is 7.64. The van der Waals surface area contributed by atoms with Crippen LogP contribution in [-0.2, 0) is 32.9 Å². The van der Waals surface area contributed by atoms with Gasteiger partial charge in [0, 0.05) is 61.3 Å². The van der Waals surface area contributed by atoms with E-state index in [1.807, 2.05) is 31.4 Å². The highest BCUT2D eigenvalue weighted by atomic mass is 19.1. The van der Waals surface area contributed by atoms with Crippen molar-refractivity contribution in [3.8, 4) is 0 Å². The highest BCUT2D eigenvalue weighted by molar-refractivity contribution is 5.94. The molecule has 0 unspecified atom stereocenters. The first kappa shape index (κ1) is 20.2. The Morgan fingerprint density at radius 2 is 2.07 bits per heavy atom. The molecule has 1 aliphatic carbocycles. The lowest BCUT2D eigenvalue weighted by atomic mass is 9.91. The molecule has 1 aliphatic rings. The van der Waals surface area contributed by atoms with Crippen molar-refractivity contribution < 1.29 is 9.18 Å². The number of pyridine rings is 1. The van der Waals surface area contributed by atoms with Gasteiger partial charge in [-0.25, -0.2) is 4.39 Å². The molecular weight excluding hydrogens is 381 g/mol. The van der Waals surface area contributed by atoms with Crippen LogP contribution in [0.1, 0.15) is 39.4 Å². The number of carbonyl (C=O) groups is 1. The summed E-state index contributed by atoms with van der Waals surface area (Å²) in [7, 11) is 1.88. The van der Waals surface area contributed by atoms with Crippen molar-refractivity contribution in [1.82, 2.24) is 25.4 Å². The third kappa shape index (κ3) is 4.57. The highest BCUT2D eigenvalue weighted by Gasteiger charge is 2.28. The van der Waals surface area contributed by atoms with E-state index in [9.17, 15) is 9.18 Å². The van der Waals surface area contributed by atoms with Gasteiger partial charge in [-0.2, -0.15) is 5.10 Å². The second-order valence-corrected chi connectivity index (χ2v) is 7.64. The summed E-state index contributed by atoms with van der Waals surface area (Å²) in [4.78, 5) is 17.1.